The van der Waals surface area contributed by atoms with Crippen molar-refractivity contribution in [3.05, 3.63) is 0 Å². The van der Waals surface area contributed by atoms with E-state index in [1.807, 2.05) is 0 Å². The molecule has 6 heteroatoms. The molecule has 0 aliphatic carbocycles. The average Bonchev–Trinajstić information content (AvgIpc) is 0.811. The van der Waals surface area contributed by atoms with Crippen molar-refractivity contribution in [3.63, 3.8) is 0 Å². The monoisotopic (exact) mass is 156 g/mol. The van der Waals surface area contributed by atoms with Gasteiger partial charge in [0.25, 0.3) is 0 Å². The minimum absolute atomic E-state index is 0. The molecule has 0 rings (SSSR count). The minimum Gasteiger partial charge on any atom is -2.00 e. The van der Waals surface area contributed by atoms with E-state index in [4.69, 9.17) is 15.0 Å². The van der Waals surface area contributed by atoms with Crippen LogP contribution in [0.3, 0.4) is 0 Å². The quantitative estimate of drug-likeness (QED) is 0.360. The molecule has 0 aromatic carbocycles. The van der Waals surface area contributed by atoms with Gasteiger partial charge in [-0.05, 0) is 0 Å². The maximum atomic E-state index is 8.44. The maximum Gasteiger partial charge on any atom is 2.00 e. The van der Waals surface area contributed by atoms with E-state index >= 15 is 0 Å². The molecule has 0 aromatic heterocycles. The van der Waals surface area contributed by atoms with Gasteiger partial charge in [-0.25, -0.2) is 0 Å². The predicted octanol–water partition coefficient (Wildman–Crippen LogP) is -4.49. The van der Waals surface area contributed by atoms with E-state index in [9.17, 15) is 0 Å². The first-order valence-electron chi connectivity index (χ1n) is 0.632. The van der Waals surface area contributed by atoms with Gasteiger partial charge in [-0.15, -0.1) is 0 Å². The van der Waals surface area contributed by atoms with Gasteiger partial charge in [0.15, 0.2) is 0 Å². The number of carboxylic acid groups (broad SMARTS) is 2. The fourth-order valence-electron chi connectivity index (χ4n) is 0. The molecule has 0 amide bonds. The van der Waals surface area contributed by atoms with E-state index < -0.39 is 6.16 Å². The van der Waals surface area contributed by atoms with Gasteiger partial charge >= 0.3 is 67.3 Å². The fraction of sp³-hybridized carbons (Fsp3) is 0. The second kappa shape index (κ2) is 15.7. The molecule has 0 fully saturated rings. The smallest absolute Gasteiger partial charge is 2.00 e. The molecule has 0 saturated heterocycles. The van der Waals surface area contributed by atoms with Gasteiger partial charge in [-0.1, -0.05) is 0 Å². The summed E-state index contributed by atoms with van der Waals surface area (Å²) in [4.78, 5) is 8.44. The molecule has 32 valence electrons. The first-order chi connectivity index (χ1) is 1.73. The topological polar surface area (TPSA) is 60.4 Å². The van der Waals surface area contributed by atoms with E-state index in [1.54, 1.807) is 0 Å². The molecular formula is CHCaNaO3S. The Morgan fingerprint density at radius 2 is 1.57 bits per heavy atom. The maximum absolute atomic E-state index is 8.44. The van der Waals surface area contributed by atoms with Gasteiger partial charge in [-0.3, -0.25) is 0 Å². The van der Waals surface area contributed by atoms with Crippen LogP contribution in [-0.2, 0) is 13.5 Å². The van der Waals surface area contributed by atoms with Crippen LogP contribution in [0, 0.1) is 0 Å². The van der Waals surface area contributed by atoms with E-state index in [2.05, 4.69) is 0 Å². The molecule has 0 aromatic rings. The fourth-order valence-corrected chi connectivity index (χ4v) is 0. The van der Waals surface area contributed by atoms with E-state index in [-0.39, 0.29) is 80.8 Å². The Hall–Kier alpha value is 1.88. The summed E-state index contributed by atoms with van der Waals surface area (Å²) in [5, 5.41) is 15.3. The van der Waals surface area contributed by atoms with Gasteiger partial charge in [0.2, 0.25) is 6.16 Å². The summed E-state index contributed by atoms with van der Waals surface area (Å²) >= 11 is 0. The van der Waals surface area contributed by atoms with Gasteiger partial charge < -0.3 is 28.5 Å². The van der Waals surface area contributed by atoms with E-state index in [0.29, 0.717) is 0 Å². The van der Waals surface area contributed by atoms with Crippen molar-refractivity contribution in [1.29, 1.82) is 0 Å². The first-order valence-corrected chi connectivity index (χ1v) is 0.632. The standard InChI is InChI=1S/CH2O3.Ca.Na.S/c2-1(3)4;;;/h(H2,2,3,4);;;/q;+2;+1;-2/p-1. The molecule has 1 N–H and O–H groups in total. The molecule has 0 aliphatic rings. The van der Waals surface area contributed by atoms with Crippen LogP contribution in [0.5, 0.6) is 0 Å². The molecule has 0 atom stereocenters. The molecule has 0 heterocycles. The third-order valence-corrected chi connectivity index (χ3v) is 0. The van der Waals surface area contributed by atoms with Crippen LogP contribution in [0.1, 0.15) is 0 Å². The second-order valence-electron chi connectivity index (χ2n) is 0.266. The summed E-state index contributed by atoms with van der Waals surface area (Å²) in [6.45, 7) is 0. The zero-order valence-corrected chi connectivity index (χ0v) is 8.90. The van der Waals surface area contributed by atoms with Crippen molar-refractivity contribution in [2.75, 3.05) is 0 Å². The Morgan fingerprint density at radius 3 is 1.57 bits per heavy atom. The molecule has 0 spiro atoms. The SMILES string of the molecule is O=C([O-])O.[Ca+2].[Na+].[S-2]. The largest absolute Gasteiger partial charge is 2.00 e. The van der Waals surface area contributed by atoms with E-state index in [0.717, 1.165) is 0 Å². The summed E-state index contributed by atoms with van der Waals surface area (Å²) < 4.78 is 0. The van der Waals surface area contributed by atoms with Crippen molar-refractivity contribution in [1.82, 2.24) is 0 Å². The van der Waals surface area contributed by atoms with Crippen LogP contribution in [0.15, 0.2) is 0 Å². The van der Waals surface area contributed by atoms with Crippen LogP contribution in [-0.4, -0.2) is 49.0 Å². The summed E-state index contributed by atoms with van der Waals surface area (Å²) in [5.74, 6) is 0. The van der Waals surface area contributed by atoms with Crippen LogP contribution < -0.4 is 34.7 Å². The zero-order valence-electron chi connectivity index (χ0n) is 3.88. The Morgan fingerprint density at radius 1 is 1.57 bits per heavy atom. The molecule has 0 unspecified atom stereocenters. The Labute approximate surface area is 100 Å². The molecule has 3 nitrogen and oxygen atoms in total. The number of hydrogen-bond acceptors (Lipinski definition) is 2. The molecular weight excluding hydrogens is 155 g/mol. The van der Waals surface area contributed by atoms with Crippen LogP contribution in [0.2, 0.25) is 0 Å². The van der Waals surface area contributed by atoms with Crippen molar-refractivity contribution in [3.8, 4) is 0 Å². The number of carbonyl (C=O) groups is 1. The molecule has 0 bridgehead atoms. The summed E-state index contributed by atoms with van der Waals surface area (Å²) in [6, 6.07) is 0. The van der Waals surface area contributed by atoms with Crippen LogP contribution in [0.25, 0.3) is 0 Å². The van der Waals surface area contributed by atoms with Crippen LogP contribution >= 0.6 is 0 Å². The summed E-state index contributed by atoms with van der Waals surface area (Å²) in [6.07, 6.45) is -2.08. The molecule has 7 heavy (non-hydrogen) atoms. The van der Waals surface area contributed by atoms with Gasteiger partial charge in [0, 0.05) is 0 Å². The van der Waals surface area contributed by atoms with Gasteiger partial charge in [0.05, 0.1) is 0 Å². The first kappa shape index (κ1) is 23.2. The van der Waals surface area contributed by atoms with Crippen molar-refractivity contribution in [2.24, 2.45) is 0 Å². The third kappa shape index (κ3) is 77.1. The third-order valence-electron chi connectivity index (χ3n) is 0. The van der Waals surface area contributed by atoms with Gasteiger partial charge in [0.1, 0.15) is 0 Å². The minimum atomic E-state index is -2.08. The Kier molecular flexibility index (Phi) is 51.8. The molecule has 0 saturated carbocycles. The molecule has 0 aliphatic heterocycles. The van der Waals surface area contributed by atoms with Gasteiger partial charge in [-0.2, -0.15) is 0 Å². The van der Waals surface area contributed by atoms with E-state index in [1.165, 1.54) is 0 Å². The second-order valence-corrected chi connectivity index (χ2v) is 0.266. The normalized spacial score (nSPS) is 3.43. The summed E-state index contributed by atoms with van der Waals surface area (Å²) in [7, 11) is 0. The summed E-state index contributed by atoms with van der Waals surface area (Å²) in [5.41, 5.74) is 0. The Balaban J connectivity index is -0.0000000150. The number of hydrogen-bond donors (Lipinski definition) is 1. The predicted molar refractivity (Wildman–Crippen MR) is 21.1 cm³/mol. The number of rotatable bonds is 0. The molecule has 0 radical (unpaired) electrons. The van der Waals surface area contributed by atoms with Crippen molar-refractivity contribution < 1.29 is 44.6 Å². The average molecular weight is 156 g/mol. The zero-order chi connectivity index (χ0) is 3.58. The van der Waals surface area contributed by atoms with Crippen molar-refractivity contribution in [2.45, 2.75) is 0 Å². The Bertz CT molecular complexity index is 37.9. The van der Waals surface area contributed by atoms with Crippen molar-refractivity contribution >= 4 is 57.4 Å². The van der Waals surface area contributed by atoms with Crippen LogP contribution in [0.4, 0.5) is 4.79 Å².